The van der Waals surface area contributed by atoms with Crippen molar-refractivity contribution in [2.75, 3.05) is 25.0 Å². The third-order valence-corrected chi connectivity index (χ3v) is 6.86. The highest BCUT2D eigenvalue weighted by molar-refractivity contribution is 7.90. The lowest BCUT2D eigenvalue weighted by atomic mass is 10.1. The van der Waals surface area contributed by atoms with Crippen LogP contribution < -0.4 is 10.5 Å². The summed E-state index contributed by atoms with van der Waals surface area (Å²) in [6.07, 6.45) is 2.51. The van der Waals surface area contributed by atoms with Gasteiger partial charge in [-0.1, -0.05) is 18.2 Å². The molecule has 1 atom stereocenters. The van der Waals surface area contributed by atoms with Gasteiger partial charge in [-0.2, -0.15) is 8.42 Å². The number of anilines is 1. The van der Waals surface area contributed by atoms with Crippen molar-refractivity contribution in [1.29, 1.82) is 0 Å². The minimum Gasteiger partial charge on any atom is -0.354 e. The van der Waals surface area contributed by atoms with E-state index >= 15 is 0 Å². The van der Waals surface area contributed by atoms with Crippen molar-refractivity contribution in [3.8, 4) is 0 Å². The Bertz CT molecular complexity index is 1310. The van der Waals surface area contributed by atoms with Crippen molar-refractivity contribution in [3.63, 3.8) is 0 Å². The van der Waals surface area contributed by atoms with Crippen LogP contribution in [0.25, 0.3) is 5.65 Å². The molecule has 29 heavy (non-hydrogen) atoms. The van der Waals surface area contributed by atoms with E-state index in [9.17, 15) is 13.2 Å². The SMILES string of the molecule is CN(C1=NS(=O)(=O)c2ccccc21)C1CCN(c2cc(=O)n3ccccc3n2)C1. The zero-order valence-corrected chi connectivity index (χ0v) is 16.6. The zero-order chi connectivity index (χ0) is 20.2. The van der Waals surface area contributed by atoms with E-state index < -0.39 is 10.0 Å². The molecule has 3 aromatic rings. The summed E-state index contributed by atoms with van der Waals surface area (Å²) in [5.74, 6) is 1.11. The Labute approximate surface area is 167 Å². The van der Waals surface area contributed by atoms with Crippen molar-refractivity contribution in [2.45, 2.75) is 17.4 Å². The maximum atomic E-state index is 12.4. The summed E-state index contributed by atoms with van der Waals surface area (Å²) in [7, 11) is -1.78. The monoisotopic (exact) mass is 409 g/mol. The molecule has 0 radical (unpaired) electrons. The Kier molecular flexibility index (Phi) is 3.95. The van der Waals surface area contributed by atoms with Gasteiger partial charge < -0.3 is 9.80 Å². The predicted molar refractivity (Wildman–Crippen MR) is 110 cm³/mol. The van der Waals surface area contributed by atoms with Crippen molar-refractivity contribution >= 4 is 27.3 Å². The number of hydrogen-bond acceptors (Lipinski definition) is 6. The van der Waals surface area contributed by atoms with E-state index in [4.69, 9.17) is 0 Å². The molecular formula is C20H19N5O3S. The fourth-order valence-corrected chi connectivity index (χ4v) is 5.23. The van der Waals surface area contributed by atoms with Gasteiger partial charge in [0.2, 0.25) is 0 Å². The van der Waals surface area contributed by atoms with Gasteiger partial charge in [-0.25, -0.2) is 4.98 Å². The first kappa shape index (κ1) is 17.9. The van der Waals surface area contributed by atoms with Gasteiger partial charge in [0, 0.05) is 44.0 Å². The first-order valence-electron chi connectivity index (χ1n) is 9.35. The molecule has 9 heteroatoms. The van der Waals surface area contributed by atoms with Crippen molar-refractivity contribution in [3.05, 3.63) is 70.6 Å². The Morgan fingerprint density at radius 3 is 2.79 bits per heavy atom. The molecule has 1 fully saturated rings. The lowest BCUT2D eigenvalue weighted by molar-refractivity contribution is 0.393. The molecule has 0 saturated carbocycles. The number of nitrogens with zero attached hydrogens (tertiary/aromatic N) is 5. The van der Waals surface area contributed by atoms with Gasteiger partial charge >= 0.3 is 0 Å². The van der Waals surface area contributed by atoms with Crippen LogP contribution in [0.15, 0.2) is 68.8 Å². The van der Waals surface area contributed by atoms with Crippen molar-refractivity contribution in [1.82, 2.24) is 14.3 Å². The molecule has 1 aromatic carbocycles. The summed E-state index contributed by atoms with van der Waals surface area (Å²) in [6, 6.07) is 13.9. The summed E-state index contributed by atoms with van der Waals surface area (Å²) in [6.45, 7) is 1.36. The summed E-state index contributed by atoms with van der Waals surface area (Å²) >= 11 is 0. The lowest BCUT2D eigenvalue weighted by Crippen LogP contribution is -2.39. The summed E-state index contributed by atoms with van der Waals surface area (Å²) in [4.78, 5) is 21.2. The maximum absolute atomic E-state index is 12.4. The molecule has 5 rings (SSSR count). The fraction of sp³-hybridized carbons (Fsp3) is 0.250. The Balaban J connectivity index is 1.43. The summed E-state index contributed by atoms with van der Waals surface area (Å²) in [5.41, 5.74) is 1.12. The fourth-order valence-electron chi connectivity index (χ4n) is 3.99. The van der Waals surface area contributed by atoms with Gasteiger partial charge in [-0.3, -0.25) is 9.20 Å². The highest BCUT2D eigenvalue weighted by Gasteiger charge is 2.35. The summed E-state index contributed by atoms with van der Waals surface area (Å²) in [5, 5.41) is 0. The van der Waals surface area contributed by atoms with Crippen LogP contribution in [0.5, 0.6) is 0 Å². The van der Waals surface area contributed by atoms with Crippen LogP contribution in [0.2, 0.25) is 0 Å². The van der Waals surface area contributed by atoms with Crippen molar-refractivity contribution in [2.24, 2.45) is 4.40 Å². The second-order valence-corrected chi connectivity index (χ2v) is 8.84. The van der Waals surface area contributed by atoms with E-state index in [-0.39, 0.29) is 16.5 Å². The zero-order valence-electron chi connectivity index (χ0n) is 15.8. The smallest absolute Gasteiger partial charge is 0.285 e. The molecule has 2 aromatic heterocycles. The average Bonchev–Trinajstić information content (AvgIpc) is 3.31. The Morgan fingerprint density at radius 2 is 1.93 bits per heavy atom. The van der Waals surface area contributed by atoms with Gasteiger partial charge in [0.1, 0.15) is 16.4 Å². The molecule has 8 nitrogen and oxygen atoms in total. The van der Waals surface area contributed by atoms with E-state index in [1.165, 1.54) is 4.40 Å². The molecule has 1 saturated heterocycles. The summed E-state index contributed by atoms with van der Waals surface area (Å²) < 4.78 is 30.2. The molecule has 0 spiro atoms. The Hall–Kier alpha value is -3.20. The molecule has 4 heterocycles. The molecule has 0 amide bonds. The topological polar surface area (TPSA) is 87.4 Å². The van der Waals surface area contributed by atoms with Gasteiger partial charge in [-0.15, -0.1) is 4.40 Å². The number of pyridine rings is 1. The Morgan fingerprint density at radius 1 is 1.14 bits per heavy atom. The lowest BCUT2D eigenvalue weighted by Gasteiger charge is -2.26. The number of benzene rings is 1. The number of amidine groups is 1. The molecule has 0 N–H and O–H groups in total. The van der Waals surface area contributed by atoms with Crippen LogP contribution in [0.4, 0.5) is 5.82 Å². The van der Waals surface area contributed by atoms with Crippen LogP contribution >= 0.6 is 0 Å². The number of rotatable bonds is 2. The number of fused-ring (bicyclic) bond motifs is 2. The normalized spacial score (nSPS) is 20.0. The largest absolute Gasteiger partial charge is 0.354 e. The second kappa shape index (κ2) is 6.41. The highest BCUT2D eigenvalue weighted by atomic mass is 32.2. The van der Waals surface area contributed by atoms with Gasteiger partial charge in [-0.05, 0) is 30.7 Å². The van der Waals surface area contributed by atoms with Gasteiger partial charge in [0.15, 0.2) is 5.84 Å². The van der Waals surface area contributed by atoms with Gasteiger partial charge in [0.05, 0.1) is 0 Å². The van der Waals surface area contributed by atoms with Crippen molar-refractivity contribution < 1.29 is 8.42 Å². The first-order valence-corrected chi connectivity index (χ1v) is 10.8. The molecule has 148 valence electrons. The van der Waals surface area contributed by atoms with Crippen LogP contribution in [-0.4, -0.2) is 54.7 Å². The molecule has 1 unspecified atom stereocenters. The highest BCUT2D eigenvalue weighted by Crippen LogP contribution is 2.29. The van der Waals surface area contributed by atoms with E-state index in [0.717, 1.165) is 13.0 Å². The average molecular weight is 409 g/mol. The quantitative estimate of drug-likeness (QED) is 0.635. The third-order valence-electron chi connectivity index (χ3n) is 5.54. The first-order chi connectivity index (χ1) is 13.9. The van der Waals surface area contributed by atoms with Crippen LogP contribution in [0.3, 0.4) is 0 Å². The number of likely N-dealkylation sites (N-methyl/N-ethyl adjacent to an activating group) is 1. The van der Waals surface area contributed by atoms with Crippen LogP contribution in [0.1, 0.15) is 12.0 Å². The standard InChI is InChI=1S/C20H19N5O3S/c1-23(20-15-6-2-3-7-16(15)29(27,28)22-20)14-9-11-24(13-14)18-12-19(26)25-10-5-4-8-17(25)21-18/h2-8,10,12,14H,9,11,13H2,1H3. The molecule has 0 bridgehead atoms. The third kappa shape index (κ3) is 2.89. The van der Waals surface area contributed by atoms with Crippen LogP contribution in [0, 0.1) is 0 Å². The van der Waals surface area contributed by atoms with E-state index in [0.29, 0.717) is 29.4 Å². The van der Waals surface area contributed by atoms with Crippen LogP contribution in [-0.2, 0) is 10.0 Å². The number of hydrogen-bond donors (Lipinski definition) is 0. The van der Waals surface area contributed by atoms with Gasteiger partial charge in [0.25, 0.3) is 15.6 Å². The number of sulfonamides is 1. The second-order valence-electron chi connectivity index (χ2n) is 7.27. The minimum atomic E-state index is -3.65. The van der Waals surface area contributed by atoms with E-state index in [2.05, 4.69) is 14.3 Å². The predicted octanol–water partition coefficient (Wildman–Crippen LogP) is 1.35. The molecule has 2 aliphatic rings. The molecule has 2 aliphatic heterocycles. The maximum Gasteiger partial charge on any atom is 0.285 e. The number of aromatic nitrogens is 2. The molecule has 0 aliphatic carbocycles. The van der Waals surface area contributed by atoms with E-state index in [1.54, 1.807) is 42.6 Å². The minimum absolute atomic E-state index is 0.0612. The molecular weight excluding hydrogens is 390 g/mol. The van der Waals surface area contributed by atoms with E-state index in [1.807, 2.05) is 24.1 Å².